The summed E-state index contributed by atoms with van der Waals surface area (Å²) in [5.41, 5.74) is 6.43. The third-order valence-electron chi connectivity index (χ3n) is 2.75. The van der Waals surface area contributed by atoms with Crippen molar-refractivity contribution < 1.29 is 0 Å². The fraction of sp³-hybridized carbons (Fsp3) is 0.846. The predicted octanol–water partition coefficient (Wildman–Crippen LogP) is 3.09. The molecule has 1 fully saturated rings. The maximum atomic E-state index is 6.29. The Hall–Kier alpha value is -0.480. The van der Waals surface area contributed by atoms with Gasteiger partial charge in [0.15, 0.2) is 0 Å². The van der Waals surface area contributed by atoms with Crippen LogP contribution < -0.4 is 5.73 Å². The first-order valence-electron chi connectivity index (χ1n) is 5.70. The molecule has 1 saturated carbocycles. The normalized spacial score (nSPS) is 21.1. The van der Waals surface area contributed by atoms with Crippen molar-refractivity contribution in [3.05, 3.63) is 0 Å². The molecule has 0 atom stereocenters. The summed E-state index contributed by atoms with van der Waals surface area (Å²) in [6.45, 7) is 6.43. The molecular formula is C13H23N. The van der Waals surface area contributed by atoms with Crippen molar-refractivity contribution in [2.45, 2.75) is 64.8 Å². The highest BCUT2D eigenvalue weighted by atomic mass is 14.7. The van der Waals surface area contributed by atoms with Gasteiger partial charge in [-0.2, -0.15) is 0 Å². The van der Waals surface area contributed by atoms with Gasteiger partial charge in [0.2, 0.25) is 0 Å². The van der Waals surface area contributed by atoms with Crippen molar-refractivity contribution in [3.63, 3.8) is 0 Å². The Balaban J connectivity index is 2.45. The zero-order valence-corrected chi connectivity index (χ0v) is 9.82. The summed E-state index contributed by atoms with van der Waals surface area (Å²) in [6.07, 6.45) is 7.12. The molecule has 1 aliphatic carbocycles. The van der Waals surface area contributed by atoms with Gasteiger partial charge in [0.1, 0.15) is 0 Å². The van der Waals surface area contributed by atoms with Crippen LogP contribution in [0.1, 0.15) is 59.3 Å². The molecule has 1 aliphatic rings. The molecule has 0 bridgehead atoms. The standard InChI is InChI=1S/C13H23N/c1-12(2,3)8-7-11-13(14)9-5-4-6-10-13/h4-6,9-11,14H2,1-3H3. The average Bonchev–Trinajstić information content (AvgIpc) is 2.02. The number of hydrogen-bond donors (Lipinski definition) is 1. The molecule has 1 rings (SSSR count). The summed E-state index contributed by atoms with van der Waals surface area (Å²) < 4.78 is 0. The molecule has 0 heterocycles. The van der Waals surface area contributed by atoms with Crippen LogP contribution in [0.3, 0.4) is 0 Å². The first-order chi connectivity index (χ1) is 6.41. The van der Waals surface area contributed by atoms with Crippen molar-refractivity contribution in [1.82, 2.24) is 0 Å². The second-order valence-corrected chi connectivity index (χ2v) is 5.65. The zero-order chi connectivity index (χ0) is 10.7. The third kappa shape index (κ3) is 4.15. The number of hydrogen-bond acceptors (Lipinski definition) is 1. The first kappa shape index (κ1) is 11.6. The smallest absolute Gasteiger partial charge is 0.0270 e. The van der Waals surface area contributed by atoms with E-state index >= 15 is 0 Å². The van der Waals surface area contributed by atoms with Gasteiger partial charge in [-0.1, -0.05) is 25.2 Å². The van der Waals surface area contributed by atoms with Crippen LogP contribution in [0, 0.1) is 17.3 Å². The lowest BCUT2D eigenvalue weighted by Gasteiger charge is -2.31. The zero-order valence-electron chi connectivity index (χ0n) is 9.82. The quantitative estimate of drug-likeness (QED) is 0.636. The molecule has 0 amide bonds. The molecule has 0 aromatic rings. The fourth-order valence-corrected chi connectivity index (χ4v) is 1.92. The van der Waals surface area contributed by atoms with E-state index in [9.17, 15) is 0 Å². The van der Waals surface area contributed by atoms with E-state index in [1.165, 1.54) is 19.3 Å². The van der Waals surface area contributed by atoms with E-state index in [4.69, 9.17) is 5.73 Å². The van der Waals surface area contributed by atoms with E-state index in [2.05, 4.69) is 32.6 Å². The SMILES string of the molecule is CC(C)(C)C#CCC1(N)CCCCC1. The number of rotatable bonds is 1. The van der Waals surface area contributed by atoms with E-state index in [0.29, 0.717) is 0 Å². The van der Waals surface area contributed by atoms with E-state index in [1.807, 2.05) is 0 Å². The van der Waals surface area contributed by atoms with Crippen LogP contribution in [0.15, 0.2) is 0 Å². The molecule has 0 aromatic carbocycles. The maximum absolute atomic E-state index is 6.29. The van der Waals surface area contributed by atoms with Crippen molar-refractivity contribution in [2.24, 2.45) is 11.1 Å². The molecule has 14 heavy (non-hydrogen) atoms. The van der Waals surface area contributed by atoms with Crippen LogP contribution in [0.2, 0.25) is 0 Å². The Morgan fingerprint density at radius 3 is 2.21 bits per heavy atom. The van der Waals surface area contributed by atoms with Crippen molar-refractivity contribution >= 4 is 0 Å². The van der Waals surface area contributed by atoms with Gasteiger partial charge in [0.25, 0.3) is 0 Å². The molecular weight excluding hydrogens is 170 g/mol. The molecule has 0 unspecified atom stereocenters. The minimum atomic E-state index is 0.0243. The Labute approximate surface area is 88.5 Å². The molecule has 0 aromatic heterocycles. The van der Waals surface area contributed by atoms with Gasteiger partial charge >= 0.3 is 0 Å². The number of nitrogens with two attached hydrogens (primary N) is 1. The van der Waals surface area contributed by atoms with Crippen LogP contribution in [-0.2, 0) is 0 Å². The van der Waals surface area contributed by atoms with Crippen molar-refractivity contribution in [1.29, 1.82) is 0 Å². The lowest BCUT2D eigenvalue weighted by Crippen LogP contribution is -2.41. The van der Waals surface area contributed by atoms with Gasteiger partial charge in [-0.25, -0.2) is 0 Å². The predicted molar refractivity (Wildman–Crippen MR) is 61.9 cm³/mol. The van der Waals surface area contributed by atoms with Crippen LogP contribution in [0.25, 0.3) is 0 Å². The van der Waals surface area contributed by atoms with Gasteiger partial charge in [-0.3, -0.25) is 0 Å². The molecule has 0 radical (unpaired) electrons. The summed E-state index contributed by atoms with van der Waals surface area (Å²) in [6, 6.07) is 0. The van der Waals surface area contributed by atoms with Crippen LogP contribution in [0.5, 0.6) is 0 Å². The summed E-state index contributed by atoms with van der Waals surface area (Å²) in [7, 11) is 0. The van der Waals surface area contributed by atoms with Gasteiger partial charge in [0, 0.05) is 17.4 Å². The molecule has 0 spiro atoms. The first-order valence-corrected chi connectivity index (χ1v) is 5.70. The molecule has 0 saturated heterocycles. The highest BCUT2D eigenvalue weighted by Crippen LogP contribution is 2.28. The maximum Gasteiger partial charge on any atom is 0.0270 e. The van der Waals surface area contributed by atoms with E-state index < -0.39 is 0 Å². The summed E-state index contributed by atoms with van der Waals surface area (Å²) in [5, 5.41) is 0. The monoisotopic (exact) mass is 193 g/mol. The molecule has 80 valence electrons. The molecule has 1 nitrogen and oxygen atoms in total. The van der Waals surface area contributed by atoms with Crippen LogP contribution in [-0.4, -0.2) is 5.54 Å². The highest BCUT2D eigenvalue weighted by Gasteiger charge is 2.26. The lowest BCUT2D eigenvalue weighted by atomic mass is 9.80. The van der Waals surface area contributed by atoms with Crippen molar-refractivity contribution in [3.8, 4) is 11.8 Å². The van der Waals surface area contributed by atoms with Gasteiger partial charge in [-0.15, -0.1) is 5.92 Å². The Morgan fingerprint density at radius 1 is 1.14 bits per heavy atom. The summed E-state index contributed by atoms with van der Waals surface area (Å²) >= 11 is 0. The van der Waals surface area contributed by atoms with E-state index in [1.54, 1.807) is 0 Å². The summed E-state index contributed by atoms with van der Waals surface area (Å²) in [4.78, 5) is 0. The largest absolute Gasteiger partial charge is 0.324 e. The van der Waals surface area contributed by atoms with Gasteiger partial charge in [0.05, 0.1) is 0 Å². The van der Waals surface area contributed by atoms with E-state index in [-0.39, 0.29) is 11.0 Å². The van der Waals surface area contributed by atoms with Gasteiger partial charge < -0.3 is 5.73 Å². The highest BCUT2D eigenvalue weighted by molar-refractivity contribution is 5.11. The molecule has 2 N–H and O–H groups in total. The third-order valence-corrected chi connectivity index (χ3v) is 2.75. The van der Waals surface area contributed by atoms with Crippen LogP contribution >= 0.6 is 0 Å². The average molecular weight is 193 g/mol. The summed E-state index contributed by atoms with van der Waals surface area (Å²) in [5.74, 6) is 6.52. The topological polar surface area (TPSA) is 26.0 Å². The lowest BCUT2D eigenvalue weighted by molar-refractivity contribution is 0.302. The Morgan fingerprint density at radius 2 is 1.71 bits per heavy atom. The Kier molecular flexibility index (Phi) is 3.61. The molecule has 1 heteroatoms. The van der Waals surface area contributed by atoms with Crippen molar-refractivity contribution in [2.75, 3.05) is 0 Å². The van der Waals surface area contributed by atoms with E-state index in [0.717, 1.165) is 19.3 Å². The molecule has 0 aliphatic heterocycles. The van der Waals surface area contributed by atoms with Crippen LogP contribution in [0.4, 0.5) is 0 Å². The second-order valence-electron chi connectivity index (χ2n) is 5.65. The minimum Gasteiger partial charge on any atom is -0.324 e. The Bertz CT molecular complexity index is 230. The minimum absolute atomic E-state index is 0.0243. The fourth-order valence-electron chi connectivity index (χ4n) is 1.92. The second kappa shape index (κ2) is 4.36. The van der Waals surface area contributed by atoms with Gasteiger partial charge in [-0.05, 0) is 33.6 Å².